The lowest BCUT2D eigenvalue weighted by Crippen LogP contribution is -2.03. The first-order chi connectivity index (χ1) is 6.61. The maximum Gasteiger partial charge on any atom is 0.0579 e. The molecule has 1 rings (SSSR count). The first-order valence-corrected chi connectivity index (χ1v) is 4.83. The normalized spacial score (nSPS) is 9.64. The van der Waals surface area contributed by atoms with Crippen LogP contribution in [0.25, 0.3) is 0 Å². The molecule has 14 heavy (non-hydrogen) atoms. The number of anilines is 2. The summed E-state index contributed by atoms with van der Waals surface area (Å²) in [6, 6.07) is 6.03. The second kappa shape index (κ2) is 4.70. The van der Waals surface area contributed by atoms with Gasteiger partial charge in [-0.2, -0.15) is 0 Å². The SMILES string of the molecule is CC(C)=CCNc1cccc(C)c1N. The number of rotatable bonds is 3. The number of nitrogens with one attached hydrogen (secondary N) is 1. The molecule has 0 bridgehead atoms. The lowest BCUT2D eigenvalue weighted by molar-refractivity contribution is 1.26. The molecule has 2 nitrogen and oxygen atoms in total. The van der Waals surface area contributed by atoms with Crippen LogP contribution in [0.3, 0.4) is 0 Å². The van der Waals surface area contributed by atoms with E-state index in [0.29, 0.717) is 0 Å². The highest BCUT2D eigenvalue weighted by Crippen LogP contribution is 2.21. The van der Waals surface area contributed by atoms with Crippen LogP contribution in [-0.2, 0) is 0 Å². The van der Waals surface area contributed by atoms with E-state index in [1.165, 1.54) is 5.57 Å². The second-order valence-corrected chi connectivity index (χ2v) is 3.70. The highest BCUT2D eigenvalue weighted by molar-refractivity contribution is 5.69. The molecule has 0 saturated carbocycles. The van der Waals surface area contributed by atoms with Gasteiger partial charge >= 0.3 is 0 Å². The fourth-order valence-corrected chi connectivity index (χ4v) is 1.20. The molecule has 0 heterocycles. The minimum absolute atomic E-state index is 0.829. The van der Waals surface area contributed by atoms with Crippen molar-refractivity contribution >= 4 is 11.4 Å². The Morgan fingerprint density at radius 3 is 2.79 bits per heavy atom. The topological polar surface area (TPSA) is 38.0 Å². The van der Waals surface area contributed by atoms with Crippen LogP contribution in [0.2, 0.25) is 0 Å². The van der Waals surface area contributed by atoms with Gasteiger partial charge in [0, 0.05) is 6.54 Å². The molecule has 0 aliphatic carbocycles. The zero-order valence-corrected chi connectivity index (χ0v) is 9.09. The highest BCUT2D eigenvalue weighted by Gasteiger charge is 1.98. The molecule has 0 aliphatic heterocycles. The van der Waals surface area contributed by atoms with Gasteiger partial charge in [0.1, 0.15) is 0 Å². The molecule has 1 aromatic rings. The molecule has 76 valence electrons. The predicted molar refractivity (Wildman–Crippen MR) is 63.5 cm³/mol. The average Bonchev–Trinajstić information content (AvgIpc) is 2.12. The summed E-state index contributed by atoms with van der Waals surface area (Å²) >= 11 is 0. The van der Waals surface area contributed by atoms with Crippen molar-refractivity contribution in [3.05, 3.63) is 35.4 Å². The number of nitrogen functional groups attached to an aromatic ring is 1. The van der Waals surface area contributed by atoms with E-state index in [2.05, 4.69) is 25.2 Å². The zero-order chi connectivity index (χ0) is 10.6. The largest absolute Gasteiger partial charge is 0.397 e. The van der Waals surface area contributed by atoms with E-state index < -0.39 is 0 Å². The molecule has 0 aromatic heterocycles. The van der Waals surface area contributed by atoms with Crippen LogP contribution in [0, 0.1) is 6.92 Å². The first kappa shape index (κ1) is 10.6. The van der Waals surface area contributed by atoms with E-state index in [1.54, 1.807) is 0 Å². The van der Waals surface area contributed by atoms with Crippen molar-refractivity contribution in [2.45, 2.75) is 20.8 Å². The van der Waals surface area contributed by atoms with Crippen LogP contribution in [0.15, 0.2) is 29.8 Å². The van der Waals surface area contributed by atoms with Crippen LogP contribution < -0.4 is 11.1 Å². The maximum atomic E-state index is 5.92. The van der Waals surface area contributed by atoms with E-state index in [-0.39, 0.29) is 0 Å². The van der Waals surface area contributed by atoms with E-state index in [1.807, 2.05) is 25.1 Å². The van der Waals surface area contributed by atoms with Gasteiger partial charge in [0.2, 0.25) is 0 Å². The quantitative estimate of drug-likeness (QED) is 0.568. The van der Waals surface area contributed by atoms with Crippen LogP contribution >= 0.6 is 0 Å². The van der Waals surface area contributed by atoms with Gasteiger partial charge in [-0.3, -0.25) is 0 Å². The van der Waals surface area contributed by atoms with Crippen molar-refractivity contribution in [1.29, 1.82) is 0 Å². The summed E-state index contributed by atoms with van der Waals surface area (Å²) in [4.78, 5) is 0. The van der Waals surface area contributed by atoms with E-state index in [9.17, 15) is 0 Å². The van der Waals surface area contributed by atoms with Gasteiger partial charge in [-0.1, -0.05) is 23.8 Å². The van der Waals surface area contributed by atoms with Gasteiger partial charge in [-0.15, -0.1) is 0 Å². The molecule has 3 N–H and O–H groups in total. The molecule has 1 aromatic carbocycles. The third-order valence-corrected chi connectivity index (χ3v) is 2.13. The fourth-order valence-electron chi connectivity index (χ4n) is 1.20. The van der Waals surface area contributed by atoms with E-state index in [0.717, 1.165) is 23.5 Å². The van der Waals surface area contributed by atoms with Gasteiger partial charge in [-0.25, -0.2) is 0 Å². The fraction of sp³-hybridized carbons (Fsp3) is 0.333. The Hall–Kier alpha value is -1.44. The van der Waals surface area contributed by atoms with Crippen LogP contribution in [0.5, 0.6) is 0 Å². The molecular formula is C12H18N2. The molecule has 0 fully saturated rings. The lowest BCUT2D eigenvalue weighted by atomic mass is 10.1. The number of benzene rings is 1. The highest BCUT2D eigenvalue weighted by atomic mass is 14.9. The summed E-state index contributed by atoms with van der Waals surface area (Å²) in [5.74, 6) is 0. The smallest absolute Gasteiger partial charge is 0.0579 e. The Kier molecular flexibility index (Phi) is 3.57. The number of allylic oxidation sites excluding steroid dienone is 1. The molecule has 0 spiro atoms. The molecule has 2 heteroatoms. The van der Waals surface area contributed by atoms with Gasteiger partial charge in [0.15, 0.2) is 0 Å². The molecule has 0 aliphatic rings. The molecule has 0 unspecified atom stereocenters. The van der Waals surface area contributed by atoms with E-state index >= 15 is 0 Å². The van der Waals surface area contributed by atoms with Gasteiger partial charge in [-0.05, 0) is 32.4 Å². The Balaban J connectivity index is 2.68. The van der Waals surface area contributed by atoms with Gasteiger partial charge in [0.05, 0.1) is 11.4 Å². The molecule has 0 atom stereocenters. The van der Waals surface area contributed by atoms with Crippen LogP contribution in [-0.4, -0.2) is 6.54 Å². The Morgan fingerprint density at radius 2 is 2.14 bits per heavy atom. The molecule has 0 radical (unpaired) electrons. The Morgan fingerprint density at radius 1 is 1.43 bits per heavy atom. The van der Waals surface area contributed by atoms with E-state index in [4.69, 9.17) is 5.73 Å². The predicted octanol–water partition coefficient (Wildman–Crippen LogP) is 2.96. The third kappa shape index (κ3) is 2.80. The van der Waals surface area contributed by atoms with Crippen molar-refractivity contribution in [2.24, 2.45) is 0 Å². The maximum absolute atomic E-state index is 5.92. The van der Waals surface area contributed by atoms with Crippen LogP contribution in [0.4, 0.5) is 11.4 Å². The molecule has 0 saturated heterocycles. The third-order valence-electron chi connectivity index (χ3n) is 2.13. The second-order valence-electron chi connectivity index (χ2n) is 3.70. The van der Waals surface area contributed by atoms with Crippen LogP contribution in [0.1, 0.15) is 19.4 Å². The minimum atomic E-state index is 0.829. The average molecular weight is 190 g/mol. The summed E-state index contributed by atoms with van der Waals surface area (Å²) in [7, 11) is 0. The Labute approximate surface area is 85.8 Å². The number of para-hydroxylation sites is 1. The standard InChI is InChI=1S/C12H18N2/c1-9(2)7-8-14-11-6-4-5-10(3)12(11)13/h4-7,14H,8,13H2,1-3H3. The summed E-state index contributed by atoms with van der Waals surface area (Å²) in [5.41, 5.74) is 10.2. The Bertz CT molecular complexity index is 336. The monoisotopic (exact) mass is 190 g/mol. The zero-order valence-electron chi connectivity index (χ0n) is 9.09. The lowest BCUT2D eigenvalue weighted by Gasteiger charge is -2.09. The first-order valence-electron chi connectivity index (χ1n) is 4.83. The number of aryl methyl sites for hydroxylation is 1. The molecular weight excluding hydrogens is 172 g/mol. The van der Waals surface area contributed by atoms with Crippen molar-refractivity contribution in [1.82, 2.24) is 0 Å². The summed E-state index contributed by atoms with van der Waals surface area (Å²) < 4.78 is 0. The summed E-state index contributed by atoms with van der Waals surface area (Å²) in [6.45, 7) is 7.01. The van der Waals surface area contributed by atoms with Gasteiger partial charge in [0.25, 0.3) is 0 Å². The van der Waals surface area contributed by atoms with Crippen molar-refractivity contribution < 1.29 is 0 Å². The summed E-state index contributed by atoms with van der Waals surface area (Å²) in [5, 5.41) is 3.28. The minimum Gasteiger partial charge on any atom is -0.397 e. The van der Waals surface area contributed by atoms with Crippen molar-refractivity contribution in [3.63, 3.8) is 0 Å². The number of nitrogens with two attached hydrogens (primary N) is 1. The number of hydrogen-bond donors (Lipinski definition) is 2. The van der Waals surface area contributed by atoms with Crippen molar-refractivity contribution in [3.8, 4) is 0 Å². The molecule has 0 amide bonds. The number of hydrogen-bond acceptors (Lipinski definition) is 2. The van der Waals surface area contributed by atoms with Gasteiger partial charge < -0.3 is 11.1 Å². The summed E-state index contributed by atoms with van der Waals surface area (Å²) in [6.07, 6.45) is 2.14. The van der Waals surface area contributed by atoms with Crippen molar-refractivity contribution in [2.75, 3.05) is 17.6 Å².